The average molecular weight is 853 g/mol. The number of nitrogens with zero attached hydrogens (tertiary/aromatic N) is 4. The Labute approximate surface area is 353 Å². The number of amides is 4. The van der Waals surface area contributed by atoms with Crippen molar-refractivity contribution in [3.05, 3.63) is 82.8 Å². The van der Waals surface area contributed by atoms with Crippen molar-refractivity contribution in [1.29, 1.82) is 0 Å². The number of methoxy groups -OCH3 is 1. The Bertz CT molecular complexity index is 2780. The molecule has 2 fully saturated rings. The summed E-state index contributed by atoms with van der Waals surface area (Å²) >= 11 is 0. The summed E-state index contributed by atoms with van der Waals surface area (Å²) in [6, 6.07) is 10.8. The van der Waals surface area contributed by atoms with Gasteiger partial charge in [-0.05, 0) is 46.9 Å². The van der Waals surface area contributed by atoms with Gasteiger partial charge < -0.3 is 44.7 Å². The second-order valence-corrected chi connectivity index (χ2v) is 16.6. The number of halogens is 2. The van der Waals surface area contributed by atoms with Gasteiger partial charge >= 0.3 is 12.2 Å². The molecule has 0 unspecified atom stereocenters. The number of benzene rings is 3. The molecule has 16 nitrogen and oxygen atoms in total. The van der Waals surface area contributed by atoms with Gasteiger partial charge in [0.15, 0.2) is 0 Å². The van der Waals surface area contributed by atoms with Gasteiger partial charge in [-0.2, -0.15) is 0 Å². The molecule has 5 N–H and O–H groups in total. The predicted molar refractivity (Wildman–Crippen MR) is 225 cm³/mol. The number of imidazole rings is 2. The molecule has 18 heteroatoms. The quantitative estimate of drug-likeness (QED) is 0.0720. The molecule has 5 heterocycles. The van der Waals surface area contributed by atoms with Crippen LogP contribution in [0.15, 0.2) is 70.1 Å². The van der Waals surface area contributed by atoms with Crippen LogP contribution in [0.3, 0.4) is 0 Å². The van der Waals surface area contributed by atoms with Crippen LogP contribution in [-0.4, -0.2) is 103 Å². The number of carbonyl (C=O) groups is 4. The maximum absolute atomic E-state index is 14.9. The molecule has 2 aliphatic rings. The lowest BCUT2D eigenvalue weighted by Crippen LogP contribution is -2.51. The molecule has 0 radical (unpaired) electrons. The SMILES string of the molecule is COC(=O)N[C@H](C(=O)N1C[C@H](F)C[C@H]1c1ncc(-c2ccc3c(=O)c4c(ccc5cc(-c6cnc([C@@H]7C[C@@H](F)CN7C(=O)[C@@H](NC(=O)O)C(C)C)[nH]6)ccc54)oc3c2)[nH]1)C(C)C. The minimum atomic E-state index is -1.34. The molecule has 2 saturated heterocycles. The highest BCUT2D eigenvalue weighted by Crippen LogP contribution is 2.37. The standard InChI is InChI=1S/C44H46F2N8O8/c1-20(2)36(51-43(58)59)41(56)53-18-25(45)14-31(53)39-47-16-29(49-39)23-6-9-27-22(12-23)8-11-33-35(27)38(55)28-10-7-24(13-34(28)62-33)30-17-48-40(50-30)32-15-26(46)19-54(32)42(57)37(21(3)4)52-44(60)61-5/h6-13,16-17,20-21,25-26,31-32,36-37,51H,14-15,18-19H2,1-5H3,(H,47,49)(H,48,50)(H,52,60)(H,58,59)/t25-,26-,31+,32+,36+,37+/m1/s1. The molecule has 3 aromatic carbocycles. The molecular formula is C44H46F2N8O8. The number of likely N-dealkylation sites (tertiary alicyclic amines) is 2. The number of alkyl halides is 2. The fraction of sp³-hybridized carbons (Fsp3) is 0.386. The number of hydrogen-bond acceptors (Lipinski definition) is 9. The summed E-state index contributed by atoms with van der Waals surface area (Å²) in [5, 5.41) is 16.3. The molecule has 0 bridgehead atoms. The number of aromatic amines is 2. The van der Waals surface area contributed by atoms with Gasteiger partial charge in [0, 0.05) is 24.0 Å². The second kappa shape index (κ2) is 16.5. The maximum atomic E-state index is 14.9. The van der Waals surface area contributed by atoms with Crippen molar-refractivity contribution in [2.45, 2.75) is 77.0 Å². The zero-order valence-corrected chi connectivity index (χ0v) is 34.6. The van der Waals surface area contributed by atoms with Gasteiger partial charge in [0.1, 0.15) is 47.2 Å². The molecule has 6 aromatic rings. The van der Waals surface area contributed by atoms with E-state index in [0.717, 1.165) is 10.9 Å². The topological polar surface area (TPSA) is 216 Å². The second-order valence-electron chi connectivity index (χ2n) is 16.6. The number of alkyl carbamates (subject to hydrolysis) is 1. The first-order valence-corrected chi connectivity index (χ1v) is 20.4. The fourth-order valence-corrected chi connectivity index (χ4v) is 8.60. The first-order chi connectivity index (χ1) is 29.6. The van der Waals surface area contributed by atoms with Crippen molar-refractivity contribution in [1.82, 2.24) is 40.4 Å². The summed E-state index contributed by atoms with van der Waals surface area (Å²) in [6.07, 6.45) is -1.50. The zero-order chi connectivity index (χ0) is 44.1. The molecule has 0 spiro atoms. The van der Waals surface area contributed by atoms with Gasteiger partial charge in [0.25, 0.3) is 0 Å². The molecule has 0 saturated carbocycles. The highest BCUT2D eigenvalue weighted by molar-refractivity contribution is 6.09. The molecular weight excluding hydrogens is 807 g/mol. The lowest BCUT2D eigenvalue weighted by atomic mass is 10.0. The van der Waals surface area contributed by atoms with Crippen molar-refractivity contribution >= 4 is 56.7 Å². The van der Waals surface area contributed by atoms with Gasteiger partial charge in [-0.25, -0.2) is 28.3 Å². The molecule has 324 valence electrons. The lowest BCUT2D eigenvalue weighted by molar-refractivity contribution is -0.136. The van der Waals surface area contributed by atoms with Crippen LogP contribution in [0.2, 0.25) is 0 Å². The van der Waals surface area contributed by atoms with Crippen LogP contribution in [0.1, 0.15) is 64.3 Å². The third-order valence-electron chi connectivity index (χ3n) is 11.8. The minimum Gasteiger partial charge on any atom is -0.465 e. The van der Waals surface area contributed by atoms with Gasteiger partial charge in [-0.1, -0.05) is 52.0 Å². The number of H-pyrrole nitrogens is 2. The molecule has 3 aromatic heterocycles. The normalized spacial score (nSPS) is 20.1. The summed E-state index contributed by atoms with van der Waals surface area (Å²) in [7, 11) is 1.20. The third kappa shape index (κ3) is 7.80. The summed E-state index contributed by atoms with van der Waals surface area (Å²) in [6.45, 7) is 6.65. The number of carbonyl (C=O) groups excluding carboxylic acids is 3. The first-order valence-electron chi connectivity index (χ1n) is 20.4. The molecule has 6 atom stereocenters. The fourth-order valence-electron chi connectivity index (χ4n) is 8.60. The van der Waals surface area contributed by atoms with Crippen LogP contribution < -0.4 is 16.1 Å². The van der Waals surface area contributed by atoms with Crippen molar-refractivity contribution in [2.75, 3.05) is 20.2 Å². The number of fused-ring (bicyclic) bond motifs is 4. The van der Waals surface area contributed by atoms with Crippen molar-refractivity contribution < 1.29 is 42.2 Å². The molecule has 8 rings (SSSR count). The van der Waals surface area contributed by atoms with Crippen molar-refractivity contribution in [2.24, 2.45) is 11.8 Å². The molecule has 62 heavy (non-hydrogen) atoms. The Morgan fingerprint density at radius 3 is 1.84 bits per heavy atom. The van der Waals surface area contributed by atoms with E-state index in [1.807, 2.05) is 24.3 Å². The lowest BCUT2D eigenvalue weighted by Gasteiger charge is -2.29. The van der Waals surface area contributed by atoms with Crippen LogP contribution in [0.4, 0.5) is 18.4 Å². The highest BCUT2D eigenvalue weighted by atomic mass is 19.1. The van der Waals surface area contributed by atoms with Crippen LogP contribution >= 0.6 is 0 Å². The largest absolute Gasteiger partial charge is 0.465 e. The summed E-state index contributed by atoms with van der Waals surface area (Å²) in [4.78, 5) is 82.7. The van der Waals surface area contributed by atoms with Crippen LogP contribution in [0.5, 0.6) is 0 Å². The average Bonchev–Trinajstić information content (AvgIpc) is 4.07. The van der Waals surface area contributed by atoms with E-state index in [2.05, 4.69) is 30.6 Å². The highest BCUT2D eigenvalue weighted by Gasteiger charge is 2.43. The van der Waals surface area contributed by atoms with E-state index in [0.29, 0.717) is 55.9 Å². The number of nitrogens with one attached hydrogen (secondary N) is 4. The van der Waals surface area contributed by atoms with Gasteiger partial charge in [-0.15, -0.1) is 0 Å². The van der Waals surface area contributed by atoms with E-state index in [1.54, 1.807) is 64.4 Å². The predicted octanol–water partition coefficient (Wildman–Crippen LogP) is 6.78. The molecule has 0 aliphatic carbocycles. The van der Waals surface area contributed by atoms with E-state index < -0.39 is 60.5 Å². The van der Waals surface area contributed by atoms with E-state index in [4.69, 9.17) is 9.15 Å². The van der Waals surface area contributed by atoms with E-state index in [9.17, 15) is 37.9 Å². The maximum Gasteiger partial charge on any atom is 0.407 e. The minimum absolute atomic E-state index is 0.00846. The molecule has 2 aliphatic heterocycles. The molecule has 4 amide bonds. The summed E-state index contributed by atoms with van der Waals surface area (Å²) in [5.74, 6) is -0.869. The zero-order valence-electron chi connectivity index (χ0n) is 34.6. The summed E-state index contributed by atoms with van der Waals surface area (Å²) in [5.41, 5.74) is 3.01. The Morgan fingerprint density at radius 2 is 1.31 bits per heavy atom. The smallest absolute Gasteiger partial charge is 0.407 e. The van der Waals surface area contributed by atoms with E-state index in [-0.39, 0.29) is 43.2 Å². The van der Waals surface area contributed by atoms with Crippen molar-refractivity contribution in [3.8, 4) is 22.5 Å². The number of carboxylic acid groups (broad SMARTS) is 1. The van der Waals surface area contributed by atoms with E-state index >= 15 is 0 Å². The Hall–Kier alpha value is -6.85. The number of aromatic nitrogens is 4. The van der Waals surface area contributed by atoms with Crippen LogP contribution in [0.25, 0.3) is 55.2 Å². The monoisotopic (exact) mass is 852 g/mol. The van der Waals surface area contributed by atoms with Crippen LogP contribution in [-0.2, 0) is 14.3 Å². The third-order valence-corrected chi connectivity index (χ3v) is 11.8. The number of hydrogen-bond donors (Lipinski definition) is 5. The first kappa shape index (κ1) is 41.9. The Balaban J connectivity index is 1.05. The van der Waals surface area contributed by atoms with Gasteiger partial charge in [-0.3, -0.25) is 14.4 Å². The van der Waals surface area contributed by atoms with Crippen molar-refractivity contribution in [3.63, 3.8) is 0 Å². The number of ether oxygens (including phenoxy) is 1. The van der Waals surface area contributed by atoms with E-state index in [1.165, 1.54) is 16.9 Å². The Morgan fingerprint density at radius 1 is 0.774 bits per heavy atom. The summed E-state index contributed by atoms with van der Waals surface area (Å²) < 4.78 is 40.7. The number of rotatable bonds is 10. The van der Waals surface area contributed by atoms with Gasteiger partial charge in [0.05, 0.1) is 66.8 Å². The Kier molecular flexibility index (Phi) is 11.2. The van der Waals surface area contributed by atoms with Crippen LogP contribution in [0, 0.1) is 11.8 Å². The van der Waals surface area contributed by atoms with Gasteiger partial charge in [0.2, 0.25) is 17.2 Å².